The molecule has 1 aromatic heterocycles. The minimum absolute atomic E-state index is 0.115. The lowest BCUT2D eigenvalue weighted by Gasteiger charge is -2.32. The minimum atomic E-state index is -1.19. The first kappa shape index (κ1) is 41.0. The summed E-state index contributed by atoms with van der Waals surface area (Å²) in [6.45, 7) is 7.40. The first-order valence-corrected chi connectivity index (χ1v) is 18.1. The van der Waals surface area contributed by atoms with E-state index in [-0.39, 0.29) is 37.0 Å². The van der Waals surface area contributed by atoms with Gasteiger partial charge in [0, 0.05) is 37.0 Å². The van der Waals surface area contributed by atoms with E-state index in [2.05, 4.69) is 43.9 Å². The number of carbonyl (C=O) groups excluding carboxylic acids is 5. The van der Waals surface area contributed by atoms with Crippen molar-refractivity contribution in [3.63, 3.8) is 0 Å². The van der Waals surface area contributed by atoms with Crippen LogP contribution in [-0.2, 0) is 41.6 Å². The number of aromatic nitrogens is 2. The van der Waals surface area contributed by atoms with Crippen LogP contribution in [0.2, 0.25) is 0 Å². The van der Waals surface area contributed by atoms with Crippen LogP contribution in [0.5, 0.6) is 0 Å². The number of carboxylic acid groups (broad SMARTS) is 1. The van der Waals surface area contributed by atoms with Crippen molar-refractivity contribution in [3.05, 3.63) is 54.1 Å². The van der Waals surface area contributed by atoms with Gasteiger partial charge < -0.3 is 42.0 Å². The molecule has 1 aliphatic heterocycles. The van der Waals surface area contributed by atoms with Gasteiger partial charge in [-0.25, -0.2) is 9.78 Å². The van der Waals surface area contributed by atoms with Gasteiger partial charge in [0.25, 0.3) is 0 Å². The fraction of sp³-hybridized carbons (Fsp3) is 0.571. The maximum Gasteiger partial charge on any atom is 0.326 e. The fourth-order valence-electron chi connectivity index (χ4n) is 5.90. The zero-order valence-electron chi connectivity index (χ0n) is 29.6. The molecule has 8 N–H and O–H groups in total. The van der Waals surface area contributed by atoms with Gasteiger partial charge in [0.2, 0.25) is 29.5 Å². The molecule has 51 heavy (non-hydrogen) atoms. The second kappa shape index (κ2) is 19.8. The Hall–Kier alpha value is -4.44. The highest BCUT2D eigenvalue weighted by atomic mass is 32.1. The van der Waals surface area contributed by atoms with Crippen LogP contribution in [0.4, 0.5) is 0 Å². The first-order valence-electron chi connectivity index (χ1n) is 17.4. The summed E-state index contributed by atoms with van der Waals surface area (Å²) in [5, 5.41) is 20.3. The molecule has 0 saturated carbocycles. The SMILES string of the molecule is CC[C@H](C)[C@H](NC(=O)[C@H](CS)NC(=O)[C@@H](NC(=O)[C@@H]1CCCN1C(=O)[C@H](Cc1ccccc1)NC(=O)[C@@H](N)Cc1cnc[nH]1)[C@@H](C)CC)C(=O)O. The number of nitrogens with one attached hydrogen (secondary N) is 5. The molecule has 0 radical (unpaired) electrons. The maximum atomic E-state index is 14.1. The number of carboxylic acids is 1. The molecule has 0 bridgehead atoms. The molecule has 0 aliphatic carbocycles. The van der Waals surface area contributed by atoms with E-state index in [1.165, 1.54) is 11.2 Å². The Morgan fingerprint density at radius 3 is 2.16 bits per heavy atom. The van der Waals surface area contributed by atoms with E-state index in [1.807, 2.05) is 44.2 Å². The van der Waals surface area contributed by atoms with Crippen LogP contribution in [0, 0.1) is 11.8 Å². The predicted octanol–water partition coefficient (Wildman–Crippen LogP) is 0.559. The van der Waals surface area contributed by atoms with Crippen molar-refractivity contribution in [1.29, 1.82) is 0 Å². The predicted molar refractivity (Wildman–Crippen MR) is 193 cm³/mol. The highest BCUT2D eigenvalue weighted by molar-refractivity contribution is 7.80. The summed E-state index contributed by atoms with van der Waals surface area (Å²) < 4.78 is 0. The van der Waals surface area contributed by atoms with E-state index < -0.39 is 71.8 Å². The Morgan fingerprint density at radius 2 is 1.57 bits per heavy atom. The molecule has 1 saturated heterocycles. The normalized spacial score (nSPS) is 18.3. The Bertz CT molecular complexity index is 1480. The zero-order chi connectivity index (χ0) is 37.7. The van der Waals surface area contributed by atoms with Crippen LogP contribution in [-0.4, -0.2) is 104 Å². The molecule has 1 aromatic carbocycles. The number of nitrogens with zero attached hydrogens (tertiary/aromatic N) is 2. The number of benzene rings is 1. The molecule has 5 amide bonds. The lowest BCUT2D eigenvalue weighted by Crippen LogP contribution is -2.60. The van der Waals surface area contributed by atoms with E-state index in [1.54, 1.807) is 20.0 Å². The fourth-order valence-corrected chi connectivity index (χ4v) is 6.16. The molecule has 280 valence electrons. The third kappa shape index (κ3) is 11.5. The lowest BCUT2D eigenvalue weighted by molar-refractivity contribution is -0.144. The van der Waals surface area contributed by atoms with Gasteiger partial charge in [0.1, 0.15) is 30.2 Å². The lowest BCUT2D eigenvalue weighted by atomic mass is 9.97. The second-order valence-electron chi connectivity index (χ2n) is 13.2. The summed E-state index contributed by atoms with van der Waals surface area (Å²) in [6.07, 6.45) is 5.27. The number of aromatic amines is 1. The quantitative estimate of drug-likeness (QED) is 0.0944. The van der Waals surface area contributed by atoms with Gasteiger partial charge in [-0.05, 0) is 30.2 Å². The third-order valence-corrected chi connectivity index (χ3v) is 9.82. The van der Waals surface area contributed by atoms with E-state index in [0.717, 1.165) is 5.56 Å². The van der Waals surface area contributed by atoms with E-state index in [4.69, 9.17) is 5.73 Å². The Balaban J connectivity index is 1.76. The molecule has 2 aromatic rings. The number of amides is 5. The van der Waals surface area contributed by atoms with Crippen LogP contribution < -0.4 is 27.0 Å². The number of hydrogen-bond donors (Lipinski definition) is 8. The van der Waals surface area contributed by atoms with Crippen LogP contribution in [0.3, 0.4) is 0 Å². The molecular formula is C35H52N8O7S. The summed E-state index contributed by atoms with van der Waals surface area (Å²) in [5.74, 6) is -4.90. The molecule has 0 spiro atoms. The van der Waals surface area contributed by atoms with Crippen LogP contribution in [0.1, 0.15) is 64.6 Å². The van der Waals surface area contributed by atoms with Crippen molar-refractivity contribution >= 4 is 48.1 Å². The standard InChI is InChI=1S/C35H52N8O7S/c1-5-20(3)28(33(47)40-26(18-51)31(45)42-29(35(49)50)21(4)6-2)41-32(46)27-13-10-14-43(27)34(48)25(15-22-11-8-7-9-12-22)39-30(44)24(36)16-23-17-37-19-38-23/h7-9,11-12,17,19-21,24-29,51H,5-6,10,13-16,18,36H2,1-4H3,(H,37,38)(H,39,44)(H,40,47)(H,41,46)(H,42,45)(H,49,50)/t20-,21-,24-,25-,26-,27-,28-,29-/m0/s1. The topological polar surface area (TPSA) is 229 Å². The first-order chi connectivity index (χ1) is 24.3. The van der Waals surface area contributed by atoms with Crippen molar-refractivity contribution in [3.8, 4) is 0 Å². The zero-order valence-corrected chi connectivity index (χ0v) is 30.5. The number of nitrogens with two attached hydrogens (primary N) is 1. The van der Waals surface area contributed by atoms with Crippen LogP contribution >= 0.6 is 12.6 Å². The summed E-state index contributed by atoms with van der Waals surface area (Å²) >= 11 is 4.21. The summed E-state index contributed by atoms with van der Waals surface area (Å²) in [4.78, 5) is 87.9. The summed E-state index contributed by atoms with van der Waals surface area (Å²) in [5.41, 5.74) is 7.64. The van der Waals surface area contributed by atoms with E-state index in [0.29, 0.717) is 31.4 Å². The Labute approximate surface area is 304 Å². The number of rotatable bonds is 19. The number of thiol groups is 1. The van der Waals surface area contributed by atoms with Gasteiger partial charge in [0.05, 0.1) is 12.4 Å². The van der Waals surface area contributed by atoms with E-state index in [9.17, 15) is 33.9 Å². The number of likely N-dealkylation sites (tertiary alicyclic amines) is 1. The Kier molecular flexibility index (Phi) is 15.9. The molecule has 2 heterocycles. The molecule has 1 fully saturated rings. The number of aliphatic carboxylic acids is 1. The smallest absolute Gasteiger partial charge is 0.326 e. The van der Waals surface area contributed by atoms with Gasteiger partial charge >= 0.3 is 5.97 Å². The third-order valence-electron chi connectivity index (χ3n) is 9.45. The van der Waals surface area contributed by atoms with Gasteiger partial charge in [-0.1, -0.05) is 70.9 Å². The molecule has 0 unspecified atom stereocenters. The maximum absolute atomic E-state index is 14.1. The van der Waals surface area contributed by atoms with Crippen molar-refractivity contribution in [1.82, 2.24) is 36.1 Å². The van der Waals surface area contributed by atoms with Gasteiger partial charge in [-0.2, -0.15) is 12.6 Å². The van der Waals surface area contributed by atoms with Crippen molar-refractivity contribution < 1.29 is 33.9 Å². The monoisotopic (exact) mass is 728 g/mol. The Morgan fingerprint density at radius 1 is 0.922 bits per heavy atom. The van der Waals surface area contributed by atoms with Crippen molar-refractivity contribution in [2.75, 3.05) is 12.3 Å². The van der Waals surface area contributed by atoms with Gasteiger partial charge in [-0.15, -0.1) is 0 Å². The summed E-state index contributed by atoms with van der Waals surface area (Å²) in [7, 11) is 0. The van der Waals surface area contributed by atoms with Crippen molar-refractivity contribution in [2.24, 2.45) is 17.6 Å². The van der Waals surface area contributed by atoms with Gasteiger partial charge in [-0.3, -0.25) is 24.0 Å². The number of carbonyl (C=O) groups is 6. The molecule has 3 rings (SSSR count). The highest BCUT2D eigenvalue weighted by Crippen LogP contribution is 2.21. The molecule has 15 nitrogen and oxygen atoms in total. The van der Waals surface area contributed by atoms with E-state index >= 15 is 0 Å². The number of H-pyrrole nitrogens is 1. The summed E-state index contributed by atoms with van der Waals surface area (Å²) in [6, 6.07) is 2.89. The number of imidazole rings is 1. The van der Waals surface area contributed by atoms with Gasteiger partial charge in [0.15, 0.2) is 0 Å². The average Bonchev–Trinajstić information content (AvgIpc) is 3.83. The van der Waals surface area contributed by atoms with Crippen LogP contribution in [0.15, 0.2) is 42.9 Å². The molecular weight excluding hydrogens is 677 g/mol. The minimum Gasteiger partial charge on any atom is -0.480 e. The second-order valence-corrected chi connectivity index (χ2v) is 13.5. The van der Waals surface area contributed by atoms with Crippen molar-refractivity contribution in [2.45, 2.75) is 102 Å². The molecule has 8 atom stereocenters. The highest BCUT2D eigenvalue weighted by Gasteiger charge is 2.40. The average molecular weight is 729 g/mol. The molecule has 16 heteroatoms. The number of hydrogen-bond acceptors (Lipinski definition) is 9. The largest absolute Gasteiger partial charge is 0.480 e. The molecule has 1 aliphatic rings. The van der Waals surface area contributed by atoms with Crippen LogP contribution in [0.25, 0.3) is 0 Å².